The SMILES string of the molecule is Cc1ccc(-c2cc(C(=O)NCc3ccc(N4CCC(O)CC4)c(F)c3)c3ccccc3n2)o1. The molecule has 2 aromatic heterocycles. The number of carbonyl (C=O) groups excluding carboxylic acids is 1. The van der Waals surface area contributed by atoms with Crippen LogP contribution in [0.1, 0.15) is 34.5 Å². The number of nitrogens with one attached hydrogen (secondary N) is 1. The van der Waals surface area contributed by atoms with Gasteiger partial charge in [0, 0.05) is 25.0 Å². The van der Waals surface area contributed by atoms with Crippen LogP contribution in [0.5, 0.6) is 0 Å². The molecule has 0 unspecified atom stereocenters. The smallest absolute Gasteiger partial charge is 0.252 e. The Balaban J connectivity index is 1.35. The number of pyridine rings is 1. The fourth-order valence-corrected chi connectivity index (χ4v) is 4.36. The van der Waals surface area contributed by atoms with Crippen molar-refractivity contribution in [2.45, 2.75) is 32.4 Å². The highest BCUT2D eigenvalue weighted by molar-refractivity contribution is 6.07. The molecule has 2 N–H and O–H groups in total. The standard InChI is InChI=1S/C27H26FN3O3/c1-17-6-9-26(34-17)24-15-21(20-4-2-3-5-23(20)30-24)27(33)29-16-18-7-8-25(22(28)14-18)31-12-10-19(32)11-13-31/h2-9,14-15,19,32H,10-13,16H2,1H3,(H,29,33). The molecule has 2 aromatic carbocycles. The van der Waals surface area contributed by atoms with Gasteiger partial charge in [0.2, 0.25) is 0 Å². The minimum Gasteiger partial charge on any atom is -0.460 e. The number of hydrogen-bond donors (Lipinski definition) is 2. The maximum Gasteiger partial charge on any atom is 0.252 e. The van der Waals surface area contributed by atoms with E-state index in [1.807, 2.05) is 54.3 Å². The Morgan fingerprint density at radius 1 is 1.15 bits per heavy atom. The molecule has 0 radical (unpaired) electrons. The second-order valence-electron chi connectivity index (χ2n) is 8.67. The van der Waals surface area contributed by atoms with Crippen LogP contribution in [0.4, 0.5) is 10.1 Å². The van der Waals surface area contributed by atoms with E-state index in [0.717, 1.165) is 11.1 Å². The first-order chi connectivity index (χ1) is 16.5. The lowest BCUT2D eigenvalue weighted by Crippen LogP contribution is -2.36. The molecule has 0 atom stereocenters. The van der Waals surface area contributed by atoms with E-state index in [9.17, 15) is 14.3 Å². The summed E-state index contributed by atoms with van der Waals surface area (Å²) in [6.07, 6.45) is 0.961. The monoisotopic (exact) mass is 459 g/mol. The fraction of sp³-hybridized carbons (Fsp3) is 0.259. The summed E-state index contributed by atoms with van der Waals surface area (Å²) in [7, 11) is 0. The fourth-order valence-electron chi connectivity index (χ4n) is 4.36. The number of aryl methyl sites for hydroxylation is 1. The van der Waals surface area contributed by atoms with E-state index < -0.39 is 0 Å². The predicted molar refractivity (Wildman–Crippen MR) is 129 cm³/mol. The number of benzene rings is 2. The third kappa shape index (κ3) is 4.52. The van der Waals surface area contributed by atoms with Gasteiger partial charge < -0.3 is 19.7 Å². The zero-order valence-corrected chi connectivity index (χ0v) is 18.9. The number of nitrogens with zero attached hydrogens (tertiary/aromatic N) is 2. The highest BCUT2D eigenvalue weighted by atomic mass is 19.1. The lowest BCUT2D eigenvalue weighted by Gasteiger charge is -2.31. The third-order valence-electron chi connectivity index (χ3n) is 6.22. The van der Waals surface area contributed by atoms with Crippen LogP contribution in [0.15, 0.2) is 65.1 Å². The van der Waals surface area contributed by atoms with Crippen molar-refractivity contribution in [2.75, 3.05) is 18.0 Å². The van der Waals surface area contributed by atoms with Gasteiger partial charge in [-0.3, -0.25) is 4.79 Å². The van der Waals surface area contributed by atoms with E-state index >= 15 is 0 Å². The number of para-hydroxylation sites is 1. The quantitative estimate of drug-likeness (QED) is 0.447. The Labute approximate surface area is 197 Å². The lowest BCUT2D eigenvalue weighted by atomic mass is 10.1. The van der Waals surface area contributed by atoms with Crippen molar-refractivity contribution in [2.24, 2.45) is 0 Å². The minimum absolute atomic E-state index is 0.195. The number of furan rings is 1. The summed E-state index contributed by atoms with van der Waals surface area (Å²) >= 11 is 0. The van der Waals surface area contributed by atoms with Crippen LogP contribution in [-0.4, -0.2) is 35.2 Å². The average Bonchev–Trinajstić information content (AvgIpc) is 3.29. The maximum absolute atomic E-state index is 14.8. The van der Waals surface area contributed by atoms with Crippen molar-refractivity contribution in [1.29, 1.82) is 0 Å². The number of piperidine rings is 1. The van der Waals surface area contributed by atoms with Crippen molar-refractivity contribution >= 4 is 22.5 Å². The molecule has 1 saturated heterocycles. The van der Waals surface area contributed by atoms with Gasteiger partial charge in [0.25, 0.3) is 5.91 Å². The van der Waals surface area contributed by atoms with Crippen LogP contribution in [0.2, 0.25) is 0 Å². The van der Waals surface area contributed by atoms with Gasteiger partial charge >= 0.3 is 0 Å². The topological polar surface area (TPSA) is 78.6 Å². The maximum atomic E-state index is 14.8. The molecule has 0 spiro atoms. The van der Waals surface area contributed by atoms with Gasteiger partial charge in [-0.1, -0.05) is 24.3 Å². The predicted octanol–water partition coefficient (Wildman–Crippen LogP) is 4.83. The zero-order valence-electron chi connectivity index (χ0n) is 18.9. The molecular weight excluding hydrogens is 433 g/mol. The van der Waals surface area contributed by atoms with Crippen molar-refractivity contribution in [3.05, 3.63) is 83.4 Å². The van der Waals surface area contributed by atoms with Crippen molar-refractivity contribution in [3.8, 4) is 11.5 Å². The second-order valence-corrected chi connectivity index (χ2v) is 8.67. The average molecular weight is 460 g/mol. The first-order valence-electron chi connectivity index (χ1n) is 11.4. The molecule has 3 heterocycles. The molecule has 1 aliphatic rings. The molecule has 0 aliphatic carbocycles. The van der Waals surface area contributed by atoms with E-state index in [1.165, 1.54) is 6.07 Å². The highest BCUT2D eigenvalue weighted by Gasteiger charge is 2.20. The molecule has 174 valence electrons. The molecule has 1 amide bonds. The molecular formula is C27H26FN3O3. The van der Waals surface area contributed by atoms with Crippen LogP contribution in [0.3, 0.4) is 0 Å². The van der Waals surface area contributed by atoms with Crippen molar-refractivity contribution < 1.29 is 18.7 Å². The number of fused-ring (bicyclic) bond motifs is 1. The number of aromatic nitrogens is 1. The zero-order chi connectivity index (χ0) is 23.7. The molecule has 6 nitrogen and oxygen atoms in total. The molecule has 4 aromatic rings. The summed E-state index contributed by atoms with van der Waals surface area (Å²) < 4.78 is 20.5. The number of halogens is 1. The largest absolute Gasteiger partial charge is 0.460 e. The second kappa shape index (κ2) is 9.27. The Hall–Kier alpha value is -3.71. The lowest BCUT2D eigenvalue weighted by molar-refractivity contribution is 0.0952. The first-order valence-corrected chi connectivity index (χ1v) is 11.4. The molecule has 5 rings (SSSR count). The van der Waals surface area contributed by atoms with Gasteiger partial charge in [0.05, 0.1) is 22.9 Å². The van der Waals surface area contributed by atoms with E-state index in [0.29, 0.717) is 59.7 Å². The van der Waals surface area contributed by atoms with Gasteiger partial charge in [0.15, 0.2) is 5.76 Å². The Kier molecular flexibility index (Phi) is 6.02. The summed E-state index contributed by atoms with van der Waals surface area (Å²) in [6, 6.07) is 17.9. The Bertz CT molecular complexity index is 1340. The normalized spacial score (nSPS) is 14.5. The van der Waals surface area contributed by atoms with Gasteiger partial charge in [-0.2, -0.15) is 0 Å². The summed E-state index contributed by atoms with van der Waals surface area (Å²) in [6.45, 7) is 3.30. The number of aliphatic hydroxyl groups excluding tert-OH is 1. The van der Waals surface area contributed by atoms with Crippen LogP contribution >= 0.6 is 0 Å². The minimum atomic E-state index is -0.326. The summed E-state index contributed by atoms with van der Waals surface area (Å²) in [5.74, 6) is 0.771. The number of aliphatic hydroxyl groups is 1. The molecule has 1 fully saturated rings. The van der Waals surface area contributed by atoms with Crippen molar-refractivity contribution in [3.63, 3.8) is 0 Å². The number of carbonyl (C=O) groups is 1. The summed E-state index contributed by atoms with van der Waals surface area (Å²) in [5, 5.41) is 13.3. The molecule has 0 bridgehead atoms. The number of anilines is 1. The molecule has 7 heteroatoms. The van der Waals surface area contributed by atoms with Crippen LogP contribution in [0.25, 0.3) is 22.4 Å². The van der Waals surface area contributed by atoms with Gasteiger partial charge in [-0.05, 0) is 61.7 Å². The summed E-state index contributed by atoms with van der Waals surface area (Å²) in [5.41, 5.74) is 2.96. The molecule has 34 heavy (non-hydrogen) atoms. The third-order valence-corrected chi connectivity index (χ3v) is 6.22. The van der Waals surface area contributed by atoms with E-state index in [-0.39, 0.29) is 24.4 Å². The van der Waals surface area contributed by atoms with Crippen LogP contribution < -0.4 is 10.2 Å². The molecule has 1 aliphatic heterocycles. The first kappa shape index (κ1) is 22.1. The Morgan fingerprint density at radius 3 is 2.68 bits per heavy atom. The van der Waals surface area contributed by atoms with Crippen molar-refractivity contribution in [1.82, 2.24) is 10.3 Å². The number of rotatable bonds is 5. The van der Waals surface area contributed by atoms with Gasteiger partial charge in [-0.15, -0.1) is 0 Å². The van der Waals surface area contributed by atoms with E-state index in [4.69, 9.17) is 4.42 Å². The molecule has 0 saturated carbocycles. The van der Waals surface area contributed by atoms with Gasteiger partial charge in [0.1, 0.15) is 17.3 Å². The van der Waals surface area contributed by atoms with E-state index in [1.54, 1.807) is 12.1 Å². The number of hydrogen-bond acceptors (Lipinski definition) is 5. The highest BCUT2D eigenvalue weighted by Crippen LogP contribution is 2.27. The Morgan fingerprint density at radius 2 is 1.94 bits per heavy atom. The van der Waals surface area contributed by atoms with Crippen LogP contribution in [-0.2, 0) is 6.54 Å². The summed E-state index contributed by atoms with van der Waals surface area (Å²) in [4.78, 5) is 19.8. The number of amides is 1. The van der Waals surface area contributed by atoms with Gasteiger partial charge in [-0.25, -0.2) is 9.37 Å². The van der Waals surface area contributed by atoms with E-state index in [2.05, 4.69) is 10.3 Å². The van der Waals surface area contributed by atoms with Crippen LogP contribution in [0, 0.1) is 12.7 Å².